The first-order valence-electron chi connectivity index (χ1n) is 9.33. The van der Waals surface area contributed by atoms with Gasteiger partial charge in [-0.1, -0.05) is 77.8 Å². The van der Waals surface area contributed by atoms with Crippen LogP contribution in [0, 0.1) is 0 Å². The van der Waals surface area contributed by atoms with E-state index in [9.17, 15) is 9.36 Å². The third-order valence-corrected chi connectivity index (χ3v) is 6.20. The Bertz CT molecular complexity index is 1050. The summed E-state index contributed by atoms with van der Waals surface area (Å²) in [5, 5.41) is 2.89. The molecule has 2 atom stereocenters. The molecule has 3 aromatic carbocycles. The van der Waals surface area contributed by atoms with Crippen LogP contribution in [0.3, 0.4) is 0 Å². The quantitative estimate of drug-likeness (QED) is 0.287. The highest BCUT2D eigenvalue weighted by atomic mass is 35.5. The van der Waals surface area contributed by atoms with Crippen molar-refractivity contribution in [2.45, 2.75) is 19.6 Å². The maximum atomic E-state index is 13.6. The van der Waals surface area contributed by atoms with Crippen LogP contribution in [0.25, 0.3) is 0 Å². The van der Waals surface area contributed by atoms with Gasteiger partial charge in [-0.15, -0.1) is 0 Å². The maximum absolute atomic E-state index is 13.6. The Labute approximate surface area is 190 Å². The van der Waals surface area contributed by atoms with Crippen LogP contribution < -0.4 is 14.1 Å². The van der Waals surface area contributed by atoms with Gasteiger partial charge in [0.25, 0.3) is 0 Å². The Morgan fingerprint density at radius 2 is 1.48 bits per heavy atom. The second-order valence-electron chi connectivity index (χ2n) is 6.49. The van der Waals surface area contributed by atoms with Crippen LogP contribution in [0.4, 0.5) is 0 Å². The lowest BCUT2D eigenvalue weighted by Crippen LogP contribution is -2.35. The Morgan fingerprint density at radius 1 is 0.903 bits per heavy atom. The molecule has 0 amide bonds. The van der Waals surface area contributed by atoms with E-state index in [-0.39, 0.29) is 28.2 Å². The lowest BCUT2D eigenvalue weighted by Gasteiger charge is -2.24. The van der Waals surface area contributed by atoms with Gasteiger partial charge in [-0.05, 0) is 36.8 Å². The number of nitrogens with one attached hydrogen (secondary N) is 1. The van der Waals surface area contributed by atoms with Gasteiger partial charge in [-0.3, -0.25) is 4.79 Å². The van der Waals surface area contributed by atoms with E-state index < -0.39 is 19.8 Å². The normalized spacial score (nSPS) is 13.6. The number of benzene rings is 3. The summed E-state index contributed by atoms with van der Waals surface area (Å²) in [5.74, 6) is -0.386. The molecule has 0 fully saturated rings. The molecule has 0 bridgehead atoms. The van der Waals surface area contributed by atoms with E-state index in [1.807, 2.05) is 30.3 Å². The zero-order chi connectivity index (χ0) is 22.3. The first kappa shape index (κ1) is 23.2. The van der Waals surface area contributed by atoms with E-state index >= 15 is 0 Å². The highest BCUT2D eigenvalue weighted by Crippen LogP contribution is 2.49. The number of ether oxygens (including phenoxy) is 1. The zero-order valence-corrected chi connectivity index (χ0v) is 18.9. The molecule has 6 nitrogen and oxygen atoms in total. The third kappa shape index (κ3) is 6.74. The van der Waals surface area contributed by atoms with Crippen LogP contribution in [-0.4, -0.2) is 12.0 Å². The minimum atomic E-state index is -4.14. The molecule has 31 heavy (non-hydrogen) atoms. The van der Waals surface area contributed by atoms with Gasteiger partial charge in [0.2, 0.25) is 0 Å². The molecule has 0 aliphatic heterocycles. The fourth-order valence-electron chi connectivity index (χ4n) is 2.52. The van der Waals surface area contributed by atoms with E-state index in [0.29, 0.717) is 0 Å². The number of rotatable bonds is 9. The van der Waals surface area contributed by atoms with Gasteiger partial charge >= 0.3 is 13.7 Å². The van der Waals surface area contributed by atoms with Crippen LogP contribution in [-0.2, 0) is 20.7 Å². The van der Waals surface area contributed by atoms with E-state index in [0.717, 1.165) is 5.56 Å². The van der Waals surface area contributed by atoms with Crippen molar-refractivity contribution < 1.29 is 23.1 Å². The Balaban J connectivity index is 1.77. The first-order chi connectivity index (χ1) is 14.9. The number of para-hydroxylation sites is 2. The van der Waals surface area contributed by atoms with Crippen LogP contribution >= 0.6 is 30.9 Å². The number of esters is 1. The Hall–Kier alpha value is -2.50. The molecule has 1 unspecified atom stereocenters. The summed E-state index contributed by atoms with van der Waals surface area (Å²) in [7, 11) is -4.14. The monoisotopic (exact) mass is 479 g/mol. The van der Waals surface area contributed by atoms with Crippen molar-refractivity contribution in [3.8, 4) is 11.5 Å². The summed E-state index contributed by atoms with van der Waals surface area (Å²) in [6, 6.07) is 21.3. The molecule has 0 heterocycles. The maximum Gasteiger partial charge on any atom is 0.513 e. The second kappa shape index (κ2) is 10.7. The summed E-state index contributed by atoms with van der Waals surface area (Å²) < 4.78 is 30.1. The third-order valence-electron chi connectivity index (χ3n) is 4.03. The van der Waals surface area contributed by atoms with Crippen molar-refractivity contribution >= 4 is 36.9 Å². The van der Waals surface area contributed by atoms with E-state index in [1.165, 1.54) is 19.1 Å². The molecule has 1 N–H and O–H groups in total. The summed E-state index contributed by atoms with van der Waals surface area (Å²) in [5.41, 5.74) is 0.825. The van der Waals surface area contributed by atoms with Crippen LogP contribution in [0.2, 0.25) is 10.0 Å². The van der Waals surface area contributed by atoms with E-state index in [1.54, 1.807) is 36.4 Å². The molecule has 9 heteroatoms. The van der Waals surface area contributed by atoms with Gasteiger partial charge in [0.15, 0.2) is 5.75 Å². The summed E-state index contributed by atoms with van der Waals surface area (Å²) in [6.07, 6.45) is 0. The molecular weight excluding hydrogens is 460 g/mol. The molecule has 3 rings (SSSR count). The largest absolute Gasteiger partial charge is 0.513 e. The van der Waals surface area contributed by atoms with Gasteiger partial charge in [-0.2, -0.15) is 5.09 Å². The van der Waals surface area contributed by atoms with Crippen molar-refractivity contribution in [2.75, 3.05) is 0 Å². The van der Waals surface area contributed by atoms with Gasteiger partial charge in [-0.25, -0.2) is 4.57 Å². The average Bonchev–Trinajstić information content (AvgIpc) is 2.76. The van der Waals surface area contributed by atoms with Gasteiger partial charge in [0.05, 0.1) is 10.0 Å². The van der Waals surface area contributed by atoms with E-state index in [4.69, 9.17) is 37.0 Å². The Morgan fingerprint density at radius 3 is 2.10 bits per heavy atom. The van der Waals surface area contributed by atoms with Crippen LogP contribution in [0.1, 0.15) is 12.5 Å². The number of carbonyl (C=O) groups is 1. The molecule has 162 valence electrons. The number of hydrogen-bond donors (Lipinski definition) is 1. The van der Waals surface area contributed by atoms with Crippen molar-refractivity contribution in [3.05, 3.63) is 94.5 Å². The molecule has 0 radical (unpaired) electrons. The highest BCUT2D eigenvalue weighted by Gasteiger charge is 2.35. The van der Waals surface area contributed by atoms with Crippen LogP contribution in [0.15, 0.2) is 78.9 Å². The summed E-state index contributed by atoms with van der Waals surface area (Å²) in [4.78, 5) is 12.5. The standard InChI is InChI=1S/C22H20Cl2NO5P/c1-16(22(26)28-15-17-9-4-2-5-10-17)25-31(27,29-18-11-6-3-7-12-18)30-21-19(23)13-8-14-20(21)24/h2-14,16H,15H2,1H3,(H,25,27)/t16-,31?/m0/s1. The molecule has 0 aliphatic rings. The summed E-state index contributed by atoms with van der Waals surface area (Å²) >= 11 is 12.3. The molecule has 3 aromatic rings. The Kier molecular flexibility index (Phi) is 7.99. The average molecular weight is 480 g/mol. The van der Waals surface area contributed by atoms with Gasteiger partial charge in [0, 0.05) is 0 Å². The zero-order valence-electron chi connectivity index (χ0n) is 16.5. The van der Waals surface area contributed by atoms with Crippen molar-refractivity contribution in [2.24, 2.45) is 0 Å². The minimum absolute atomic E-state index is 0.0255. The van der Waals surface area contributed by atoms with Crippen molar-refractivity contribution in [3.63, 3.8) is 0 Å². The highest BCUT2D eigenvalue weighted by molar-refractivity contribution is 7.52. The SMILES string of the molecule is C[C@H](NP(=O)(Oc1ccccc1)Oc1c(Cl)cccc1Cl)C(=O)OCc1ccccc1. The molecule has 0 spiro atoms. The predicted octanol–water partition coefficient (Wildman–Crippen LogP) is 6.28. The second-order valence-corrected chi connectivity index (χ2v) is 8.92. The number of hydrogen-bond acceptors (Lipinski definition) is 5. The topological polar surface area (TPSA) is 73.9 Å². The summed E-state index contributed by atoms with van der Waals surface area (Å²) in [6.45, 7) is 1.57. The smallest absolute Gasteiger partial charge is 0.460 e. The molecular formula is C22H20Cl2NO5P. The molecule has 0 saturated heterocycles. The molecule has 0 aliphatic carbocycles. The first-order valence-corrected chi connectivity index (χ1v) is 11.6. The van der Waals surface area contributed by atoms with E-state index in [2.05, 4.69) is 5.09 Å². The molecule has 0 saturated carbocycles. The van der Waals surface area contributed by atoms with Gasteiger partial charge < -0.3 is 13.8 Å². The minimum Gasteiger partial charge on any atom is -0.460 e. The fraction of sp³-hybridized carbons (Fsp3) is 0.136. The number of carbonyl (C=O) groups excluding carboxylic acids is 1. The predicted molar refractivity (Wildman–Crippen MR) is 121 cm³/mol. The van der Waals surface area contributed by atoms with Crippen LogP contribution in [0.5, 0.6) is 11.5 Å². The van der Waals surface area contributed by atoms with Crippen molar-refractivity contribution in [1.29, 1.82) is 0 Å². The van der Waals surface area contributed by atoms with Crippen molar-refractivity contribution in [1.82, 2.24) is 5.09 Å². The van der Waals surface area contributed by atoms with Gasteiger partial charge in [0.1, 0.15) is 18.4 Å². The molecule has 0 aromatic heterocycles. The lowest BCUT2D eigenvalue weighted by molar-refractivity contribution is -0.146. The lowest BCUT2D eigenvalue weighted by atomic mass is 10.2. The fourth-order valence-corrected chi connectivity index (χ4v) is 4.67. The number of halogens is 2.